The van der Waals surface area contributed by atoms with Crippen LogP contribution >= 0.6 is 0 Å². The Balaban J connectivity index is 1.98. The molecular weight excluding hydrogens is 300 g/mol. The van der Waals surface area contributed by atoms with Crippen molar-refractivity contribution in [1.29, 1.82) is 0 Å². The molecule has 0 fully saturated rings. The van der Waals surface area contributed by atoms with Gasteiger partial charge in [-0.05, 0) is 42.3 Å². The second-order valence-corrected chi connectivity index (χ2v) is 6.63. The van der Waals surface area contributed by atoms with Crippen LogP contribution < -0.4 is 15.2 Å². The summed E-state index contributed by atoms with van der Waals surface area (Å²) in [6.45, 7) is 2.73. The predicted octanol–water partition coefficient (Wildman–Crippen LogP) is 2.19. The van der Waals surface area contributed by atoms with E-state index in [2.05, 4.69) is 5.32 Å². The average Bonchev–Trinajstić information content (AvgIpc) is 2.52. The van der Waals surface area contributed by atoms with E-state index >= 15 is 0 Å². The van der Waals surface area contributed by atoms with Crippen LogP contribution in [0.1, 0.15) is 24.1 Å². The van der Waals surface area contributed by atoms with Gasteiger partial charge in [-0.2, -0.15) is 0 Å². The molecule has 0 bridgehead atoms. The third-order valence-corrected chi connectivity index (χ3v) is 4.41. The Morgan fingerprint density at radius 2 is 1.68 bits per heavy atom. The molecule has 22 heavy (non-hydrogen) atoms. The second-order valence-electron chi connectivity index (χ2n) is 5.06. The molecule has 1 unspecified atom stereocenters. The number of hydrogen-bond donors (Lipinski definition) is 2. The minimum Gasteiger partial charge on any atom is -0.497 e. The Bertz CT molecular complexity index is 710. The predicted molar refractivity (Wildman–Crippen MR) is 86.1 cm³/mol. The summed E-state index contributed by atoms with van der Waals surface area (Å²) >= 11 is 0. The maximum Gasteiger partial charge on any atom is 0.238 e. The van der Waals surface area contributed by atoms with E-state index in [1.807, 2.05) is 31.2 Å². The monoisotopic (exact) mass is 320 g/mol. The first-order chi connectivity index (χ1) is 10.4. The van der Waals surface area contributed by atoms with Crippen LogP contribution in [0, 0.1) is 0 Å². The fourth-order valence-corrected chi connectivity index (χ4v) is 2.59. The maximum atomic E-state index is 11.2. The molecule has 0 heterocycles. The van der Waals surface area contributed by atoms with Crippen molar-refractivity contribution in [3.8, 4) is 5.75 Å². The topological polar surface area (TPSA) is 81.4 Å². The Kier molecular flexibility index (Phi) is 5.18. The van der Waals surface area contributed by atoms with Crippen molar-refractivity contribution in [2.75, 3.05) is 7.11 Å². The van der Waals surface area contributed by atoms with Crippen LogP contribution in [0.3, 0.4) is 0 Å². The van der Waals surface area contributed by atoms with Crippen LogP contribution in [0.4, 0.5) is 0 Å². The third-order valence-electron chi connectivity index (χ3n) is 3.48. The fraction of sp³-hybridized carbons (Fsp3) is 0.250. The van der Waals surface area contributed by atoms with E-state index < -0.39 is 10.0 Å². The molecule has 2 aromatic carbocycles. The summed E-state index contributed by atoms with van der Waals surface area (Å²) in [7, 11) is -2.00. The quantitative estimate of drug-likeness (QED) is 0.855. The van der Waals surface area contributed by atoms with Crippen molar-refractivity contribution in [2.24, 2.45) is 5.14 Å². The number of nitrogens with two attached hydrogens (primary N) is 1. The number of methoxy groups -OCH3 is 1. The molecule has 118 valence electrons. The van der Waals surface area contributed by atoms with E-state index in [1.165, 1.54) is 12.1 Å². The summed E-state index contributed by atoms with van der Waals surface area (Å²) in [4.78, 5) is 0.124. The molecule has 0 saturated heterocycles. The number of benzene rings is 2. The Morgan fingerprint density at radius 3 is 2.18 bits per heavy atom. The van der Waals surface area contributed by atoms with Gasteiger partial charge in [0, 0.05) is 12.6 Å². The maximum absolute atomic E-state index is 11.2. The highest BCUT2D eigenvalue weighted by molar-refractivity contribution is 7.89. The molecule has 0 radical (unpaired) electrons. The van der Waals surface area contributed by atoms with Gasteiger partial charge in [0.25, 0.3) is 0 Å². The van der Waals surface area contributed by atoms with E-state index in [0.717, 1.165) is 16.9 Å². The van der Waals surface area contributed by atoms with Gasteiger partial charge in [0.1, 0.15) is 5.75 Å². The summed E-state index contributed by atoms with van der Waals surface area (Å²) in [6.07, 6.45) is 0. The molecule has 0 aliphatic rings. The zero-order chi connectivity index (χ0) is 16.2. The average molecular weight is 320 g/mol. The number of sulfonamides is 1. The van der Waals surface area contributed by atoms with E-state index in [-0.39, 0.29) is 10.9 Å². The minimum atomic E-state index is -3.64. The lowest BCUT2D eigenvalue weighted by atomic mass is 10.1. The van der Waals surface area contributed by atoms with Crippen molar-refractivity contribution >= 4 is 10.0 Å². The lowest BCUT2D eigenvalue weighted by molar-refractivity contribution is 0.414. The lowest BCUT2D eigenvalue weighted by Crippen LogP contribution is -2.18. The van der Waals surface area contributed by atoms with Gasteiger partial charge in [-0.15, -0.1) is 0 Å². The molecule has 0 saturated carbocycles. The SMILES string of the molecule is COc1ccc(CNC(C)c2ccc(S(N)(=O)=O)cc2)cc1. The number of ether oxygens (including phenoxy) is 1. The van der Waals surface area contributed by atoms with Gasteiger partial charge in [0.2, 0.25) is 10.0 Å². The number of nitrogens with one attached hydrogen (secondary N) is 1. The van der Waals surface area contributed by atoms with Crippen LogP contribution in [-0.4, -0.2) is 15.5 Å². The molecule has 6 heteroatoms. The van der Waals surface area contributed by atoms with Gasteiger partial charge in [0.05, 0.1) is 12.0 Å². The lowest BCUT2D eigenvalue weighted by Gasteiger charge is -2.15. The van der Waals surface area contributed by atoms with Crippen molar-refractivity contribution in [3.63, 3.8) is 0 Å². The van der Waals surface area contributed by atoms with Gasteiger partial charge in [-0.1, -0.05) is 24.3 Å². The molecule has 3 N–H and O–H groups in total. The van der Waals surface area contributed by atoms with Gasteiger partial charge < -0.3 is 10.1 Å². The first-order valence-electron chi connectivity index (χ1n) is 6.89. The van der Waals surface area contributed by atoms with Gasteiger partial charge >= 0.3 is 0 Å². The molecule has 2 aromatic rings. The molecule has 0 aliphatic heterocycles. The third kappa shape index (κ3) is 4.30. The second kappa shape index (κ2) is 6.91. The van der Waals surface area contributed by atoms with E-state index in [1.54, 1.807) is 19.2 Å². The largest absolute Gasteiger partial charge is 0.497 e. The Hall–Kier alpha value is -1.89. The summed E-state index contributed by atoms with van der Waals surface area (Å²) in [5.41, 5.74) is 2.15. The van der Waals surface area contributed by atoms with E-state index in [0.29, 0.717) is 6.54 Å². The molecule has 5 nitrogen and oxygen atoms in total. The highest BCUT2D eigenvalue weighted by Crippen LogP contribution is 2.17. The standard InChI is InChI=1S/C16H20N2O3S/c1-12(14-5-9-16(10-6-14)22(17,19)20)18-11-13-3-7-15(21-2)8-4-13/h3-10,12,18H,11H2,1-2H3,(H2,17,19,20). The molecule has 0 aliphatic carbocycles. The zero-order valence-electron chi connectivity index (χ0n) is 12.6. The van der Waals surface area contributed by atoms with Gasteiger partial charge in [-0.25, -0.2) is 13.6 Å². The number of primary sulfonamides is 1. The summed E-state index contributed by atoms with van der Waals surface area (Å²) in [6, 6.07) is 14.5. The molecule has 0 aromatic heterocycles. The number of hydrogen-bond acceptors (Lipinski definition) is 4. The molecule has 2 rings (SSSR count). The summed E-state index contributed by atoms with van der Waals surface area (Å²) in [5.74, 6) is 0.829. The van der Waals surface area contributed by atoms with Gasteiger partial charge in [0.15, 0.2) is 0 Å². The van der Waals surface area contributed by atoms with E-state index in [4.69, 9.17) is 9.88 Å². The molecular formula is C16H20N2O3S. The zero-order valence-corrected chi connectivity index (χ0v) is 13.4. The van der Waals surface area contributed by atoms with Crippen molar-refractivity contribution in [3.05, 3.63) is 59.7 Å². The number of rotatable bonds is 6. The Morgan fingerprint density at radius 1 is 1.09 bits per heavy atom. The van der Waals surface area contributed by atoms with Crippen molar-refractivity contribution in [1.82, 2.24) is 5.32 Å². The van der Waals surface area contributed by atoms with Crippen molar-refractivity contribution < 1.29 is 13.2 Å². The normalized spacial score (nSPS) is 12.9. The van der Waals surface area contributed by atoms with Crippen molar-refractivity contribution in [2.45, 2.75) is 24.4 Å². The molecule has 0 spiro atoms. The summed E-state index contributed by atoms with van der Waals surface area (Å²) < 4.78 is 27.6. The summed E-state index contributed by atoms with van der Waals surface area (Å²) in [5, 5.41) is 8.48. The highest BCUT2D eigenvalue weighted by Gasteiger charge is 2.09. The van der Waals surface area contributed by atoms with Crippen LogP contribution in [-0.2, 0) is 16.6 Å². The smallest absolute Gasteiger partial charge is 0.238 e. The van der Waals surface area contributed by atoms with Crippen LogP contribution in [0.25, 0.3) is 0 Å². The van der Waals surface area contributed by atoms with Crippen LogP contribution in [0.2, 0.25) is 0 Å². The molecule has 1 atom stereocenters. The highest BCUT2D eigenvalue weighted by atomic mass is 32.2. The van der Waals surface area contributed by atoms with Gasteiger partial charge in [-0.3, -0.25) is 0 Å². The first kappa shape index (κ1) is 16.5. The minimum absolute atomic E-state index is 0.0941. The van der Waals surface area contributed by atoms with Crippen LogP contribution in [0.5, 0.6) is 5.75 Å². The molecule has 0 amide bonds. The Labute approximate surface area is 131 Å². The van der Waals surface area contributed by atoms with Crippen LogP contribution in [0.15, 0.2) is 53.4 Å². The van der Waals surface area contributed by atoms with E-state index in [9.17, 15) is 8.42 Å². The fourth-order valence-electron chi connectivity index (χ4n) is 2.08. The first-order valence-corrected chi connectivity index (χ1v) is 8.44.